The van der Waals surface area contributed by atoms with Crippen molar-refractivity contribution in [2.75, 3.05) is 20.2 Å². The zero-order chi connectivity index (χ0) is 17.9. The van der Waals surface area contributed by atoms with Crippen LogP contribution in [0.2, 0.25) is 0 Å². The fraction of sp³-hybridized carbons (Fsp3) is 0.778. The van der Waals surface area contributed by atoms with Gasteiger partial charge in [0.25, 0.3) is 0 Å². The summed E-state index contributed by atoms with van der Waals surface area (Å²) in [5.41, 5.74) is -2.65. The molecule has 3 aliphatic rings. The van der Waals surface area contributed by atoms with E-state index in [0.29, 0.717) is 38.8 Å². The molecule has 132 valence electrons. The molecule has 2 saturated carbocycles. The Morgan fingerprint density at radius 2 is 1.62 bits per heavy atom. The molecule has 3 fully saturated rings. The van der Waals surface area contributed by atoms with Crippen molar-refractivity contribution in [3.63, 3.8) is 0 Å². The molecule has 0 aromatic rings. The number of fused-ring (bicyclic) bond motifs is 2. The predicted molar refractivity (Wildman–Crippen MR) is 84.9 cm³/mol. The number of methoxy groups -OCH3 is 1. The Hall–Kier alpha value is -1.72. The van der Waals surface area contributed by atoms with Crippen LogP contribution < -0.4 is 0 Å². The number of hydrogen-bond acceptors (Lipinski definition) is 5. The summed E-state index contributed by atoms with van der Waals surface area (Å²) < 4.78 is 4.77. The number of carbonyl (C=O) groups excluding carboxylic acids is 4. The average Bonchev–Trinajstić information content (AvgIpc) is 2.85. The highest BCUT2D eigenvalue weighted by Crippen LogP contribution is 2.69. The minimum absolute atomic E-state index is 0.195. The van der Waals surface area contributed by atoms with Gasteiger partial charge in [0.05, 0.1) is 13.0 Å². The summed E-state index contributed by atoms with van der Waals surface area (Å²) in [5, 5.41) is 0. The molecule has 0 unspecified atom stereocenters. The molecule has 0 aromatic carbocycles. The molecule has 0 N–H and O–H groups in total. The zero-order valence-electron chi connectivity index (χ0n) is 14.8. The van der Waals surface area contributed by atoms with Crippen LogP contribution in [0, 0.1) is 22.2 Å². The summed E-state index contributed by atoms with van der Waals surface area (Å²) in [4.78, 5) is 51.8. The highest BCUT2D eigenvalue weighted by molar-refractivity contribution is 6.48. The molecule has 3 rings (SSSR count). The molecule has 0 aromatic heterocycles. The van der Waals surface area contributed by atoms with Gasteiger partial charge in [0.15, 0.2) is 0 Å². The number of piperidine rings is 1. The van der Waals surface area contributed by atoms with Gasteiger partial charge in [-0.1, -0.05) is 20.8 Å². The van der Waals surface area contributed by atoms with Crippen molar-refractivity contribution in [1.82, 2.24) is 4.90 Å². The molecule has 2 bridgehead atoms. The summed E-state index contributed by atoms with van der Waals surface area (Å²) >= 11 is 0. The summed E-state index contributed by atoms with van der Waals surface area (Å²) in [6.07, 6.45) is 2.09. The van der Waals surface area contributed by atoms with E-state index in [2.05, 4.69) is 0 Å². The maximum absolute atomic E-state index is 13.3. The Kier molecular flexibility index (Phi) is 3.66. The quantitative estimate of drug-likeness (QED) is 0.432. The number of rotatable bonds is 2. The van der Waals surface area contributed by atoms with E-state index in [1.165, 1.54) is 7.11 Å². The molecular formula is C18H25NO5. The van der Waals surface area contributed by atoms with Crippen molar-refractivity contribution in [1.29, 1.82) is 0 Å². The first-order valence-electron chi connectivity index (χ1n) is 8.60. The Bertz CT molecular complexity index is 631. The molecule has 0 spiro atoms. The van der Waals surface area contributed by atoms with Crippen molar-refractivity contribution in [2.24, 2.45) is 22.2 Å². The maximum atomic E-state index is 13.3. The number of nitrogens with zero attached hydrogens (tertiary/aromatic N) is 1. The van der Waals surface area contributed by atoms with E-state index in [4.69, 9.17) is 4.74 Å². The maximum Gasteiger partial charge on any atom is 0.308 e. The first-order chi connectivity index (χ1) is 11.1. The smallest absolute Gasteiger partial charge is 0.308 e. The van der Waals surface area contributed by atoms with E-state index < -0.39 is 27.8 Å². The van der Waals surface area contributed by atoms with Crippen molar-refractivity contribution in [3.8, 4) is 0 Å². The van der Waals surface area contributed by atoms with Crippen LogP contribution in [0.4, 0.5) is 0 Å². The van der Waals surface area contributed by atoms with Gasteiger partial charge in [0, 0.05) is 18.5 Å². The van der Waals surface area contributed by atoms with Crippen molar-refractivity contribution < 1.29 is 23.9 Å². The molecule has 24 heavy (non-hydrogen) atoms. The number of amides is 1. The third kappa shape index (κ3) is 1.77. The fourth-order valence-electron chi connectivity index (χ4n) is 5.00. The van der Waals surface area contributed by atoms with Crippen LogP contribution in [0.5, 0.6) is 0 Å². The lowest BCUT2D eigenvalue weighted by Gasteiger charge is -2.41. The van der Waals surface area contributed by atoms with Gasteiger partial charge >= 0.3 is 5.97 Å². The SMILES string of the molecule is COC(=O)C1CCN(C(=O)[C@@]23CC[C@@](C)(C(=O)C2=O)C3(C)C)CC1. The number of hydrogen-bond donors (Lipinski definition) is 0. The number of ketones is 2. The van der Waals surface area contributed by atoms with E-state index >= 15 is 0 Å². The summed E-state index contributed by atoms with van der Waals surface area (Å²) in [6.45, 7) is 6.42. The van der Waals surface area contributed by atoms with E-state index in [1.54, 1.807) is 4.90 Å². The van der Waals surface area contributed by atoms with Gasteiger partial charge in [-0.05, 0) is 31.1 Å². The molecule has 2 atom stereocenters. The molecular weight excluding hydrogens is 310 g/mol. The first-order valence-corrected chi connectivity index (χ1v) is 8.60. The van der Waals surface area contributed by atoms with Gasteiger partial charge in [0.2, 0.25) is 17.5 Å². The van der Waals surface area contributed by atoms with Gasteiger partial charge in [0.1, 0.15) is 5.41 Å². The standard InChI is InChI=1S/C18H25NO5/c1-16(2)17(3)7-8-18(16,13(21)12(17)20)15(23)19-9-5-11(6-10-19)14(22)24-4/h11H,5-10H2,1-4H3/t17-,18+/m0/s1. The summed E-state index contributed by atoms with van der Waals surface area (Å²) in [5.74, 6) is -1.58. The van der Waals surface area contributed by atoms with E-state index in [-0.39, 0.29) is 17.8 Å². The van der Waals surface area contributed by atoms with Gasteiger partial charge in [-0.25, -0.2) is 0 Å². The van der Waals surface area contributed by atoms with Crippen LogP contribution in [0.15, 0.2) is 0 Å². The lowest BCUT2D eigenvalue weighted by Crippen LogP contribution is -2.54. The van der Waals surface area contributed by atoms with Crippen LogP contribution in [0.3, 0.4) is 0 Å². The zero-order valence-corrected chi connectivity index (χ0v) is 14.8. The highest BCUT2D eigenvalue weighted by atomic mass is 16.5. The summed E-state index contributed by atoms with van der Waals surface area (Å²) in [7, 11) is 1.36. The Balaban J connectivity index is 1.85. The van der Waals surface area contributed by atoms with Crippen LogP contribution >= 0.6 is 0 Å². The largest absolute Gasteiger partial charge is 0.469 e. The second-order valence-electron chi connectivity index (χ2n) is 8.11. The lowest BCUT2D eigenvalue weighted by atomic mass is 9.64. The molecule has 6 heteroatoms. The van der Waals surface area contributed by atoms with Crippen molar-refractivity contribution in [3.05, 3.63) is 0 Å². The molecule has 0 radical (unpaired) electrons. The van der Waals surface area contributed by atoms with Crippen LogP contribution in [-0.4, -0.2) is 48.5 Å². The van der Waals surface area contributed by atoms with Gasteiger partial charge in [-0.15, -0.1) is 0 Å². The molecule has 2 aliphatic carbocycles. The van der Waals surface area contributed by atoms with E-state index in [0.717, 1.165) is 0 Å². The molecule has 6 nitrogen and oxygen atoms in total. The number of carbonyl (C=O) groups is 4. The van der Waals surface area contributed by atoms with Crippen LogP contribution in [0.1, 0.15) is 46.5 Å². The van der Waals surface area contributed by atoms with Crippen molar-refractivity contribution in [2.45, 2.75) is 46.5 Å². The second-order valence-corrected chi connectivity index (χ2v) is 8.11. The average molecular weight is 335 g/mol. The van der Waals surface area contributed by atoms with Crippen LogP contribution in [-0.2, 0) is 23.9 Å². The molecule has 1 aliphatic heterocycles. The molecule has 1 heterocycles. The van der Waals surface area contributed by atoms with Crippen molar-refractivity contribution >= 4 is 23.4 Å². The van der Waals surface area contributed by atoms with E-state index in [1.807, 2.05) is 20.8 Å². The monoisotopic (exact) mass is 335 g/mol. The number of likely N-dealkylation sites (tertiary alicyclic amines) is 1. The van der Waals surface area contributed by atoms with Crippen LogP contribution in [0.25, 0.3) is 0 Å². The van der Waals surface area contributed by atoms with Gasteiger partial charge in [-0.3, -0.25) is 19.2 Å². The predicted octanol–water partition coefficient (Wildman–Crippen LogP) is 1.36. The van der Waals surface area contributed by atoms with Gasteiger partial charge < -0.3 is 9.64 Å². The normalized spacial score (nSPS) is 35.4. The first kappa shape index (κ1) is 17.1. The number of esters is 1. The fourth-order valence-corrected chi connectivity index (χ4v) is 5.00. The lowest BCUT2D eigenvalue weighted by molar-refractivity contribution is -0.158. The highest BCUT2D eigenvalue weighted by Gasteiger charge is 2.78. The molecule has 1 saturated heterocycles. The van der Waals surface area contributed by atoms with E-state index in [9.17, 15) is 19.2 Å². The minimum Gasteiger partial charge on any atom is -0.469 e. The van der Waals surface area contributed by atoms with Gasteiger partial charge in [-0.2, -0.15) is 0 Å². The number of Topliss-reactive ketones (excluding diaryl/α,β-unsaturated/α-hetero) is 2. The third-order valence-electron chi connectivity index (χ3n) is 7.22. The number of ether oxygens (including phenoxy) is 1. The minimum atomic E-state index is -1.23. The summed E-state index contributed by atoms with van der Waals surface area (Å²) in [6, 6.07) is 0. The second kappa shape index (κ2) is 5.14. The Morgan fingerprint density at radius 3 is 2.08 bits per heavy atom. The Morgan fingerprint density at radius 1 is 1.04 bits per heavy atom. The molecule has 1 amide bonds. The third-order valence-corrected chi connectivity index (χ3v) is 7.22. The topological polar surface area (TPSA) is 80.8 Å². The Labute approximate surface area is 141 Å².